The Bertz CT molecular complexity index is 263. The van der Waals surface area contributed by atoms with E-state index in [4.69, 9.17) is 10.5 Å². The summed E-state index contributed by atoms with van der Waals surface area (Å²) in [5.41, 5.74) is 5.34. The van der Waals surface area contributed by atoms with Crippen LogP contribution in [0.1, 0.15) is 0 Å². The molecule has 0 aliphatic heterocycles. The van der Waals surface area contributed by atoms with Crippen molar-refractivity contribution in [2.24, 2.45) is 5.73 Å². The van der Waals surface area contributed by atoms with Gasteiger partial charge < -0.3 is 15.4 Å². The van der Waals surface area contributed by atoms with E-state index in [1.54, 1.807) is 6.20 Å². The van der Waals surface area contributed by atoms with Crippen LogP contribution in [0.3, 0.4) is 0 Å². The van der Waals surface area contributed by atoms with Crippen LogP contribution in [0.4, 0.5) is 5.82 Å². The molecule has 4 nitrogen and oxygen atoms in total. The van der Waals surface area contributed by atoms with Crippen molar-refractivity contribution >= 4 is 5.82 Å². The van der Waals surface area contributed by atoms with Gasteiger partial charge in [-0.1, -0.05) is 0 Å². The number of ether oxygens (including phenoxy) is 1. The highest BCUT2D eigenvalue weighted by Crippen LogP contribution is 2.22. The molecule has 1 heterocycles. The van der Waals surface area contributed by atoms with Crippen molar-refractivity contribution < 1.29 is 4.74 Å². The zero-order valence-corrected chi connectivity index (χ0v) is 8.03. The summed E-state index contributed by atoms with van der Waals surface area (Å²) in [6, 6.07) is 3.73. The van der Waals surface area contributed by atoms with Gasteiger partial charge in [-0.3, -0.25) is 0 Å². The molecule has 0 unspecified atom stereocenters. The Balaban J connectivity index is 2.78. The Kier molecular flexibility index (Phi) is 3.52. The van der Waals surface area contributed by atoms with Crippen molar-refractivity contribution in [3.8, 4) is 5.75 Å². The average molecular weight is 181 g/mol. The normalized spacial score (nSPS) is 9.77. The smallest absolute Gasteiger partial charge is 0.170 e. The van der Waals surface area contributed by atoms with E-state index in [9.17, 15) is 0 Å². The third-order valence-corrected chi connectivity index (χ3v) is 1.55. The van der Waals surface area contributed by atoms with E-state index in [0.717, 1.165) is 11.6 Å². The van der Waals surface area contributed by atoms with Crippen molar-refractivity contribution in [2.75, 3.05) is 32.1 Å². The quantitative estimate of drug-likeness (QED) is 0.734. The van der Waals surface area contributed by atoms with Crippen LogP contribution >= 0.6 is 0 Å². The zero-order chi connectivity index (χ0) is 9.68. The minimum absolute atomic E-state index is 0.516. The fourth-order valence-electron chi connectivity index (χ4n) is 1.000. The number of anilines is 1. The number of hydrogen-bond acceptors (Lipinski definition) is 4. The number of rotatable bonds is 4. The molecule has 1 rings (SSSR count). The van der Waals surface area contributed by atoms with Gasteiger partial charge in [0, 0.05) is 26.8 Å². The van der Waals surface area contributed by atoms with Crippen LogP contribution in [-0.4, -0.2) is 32.2 Å². The fraction of sp³-hybridized carbons (Fsp3) is 0.444. The molecule has 0 saturated carbocycles. The number of aromatic nitrogens is 1. The lowest BCUT2D eigenvalue weighted by Gasteiger charge is -2.15. The molecule has 13 heavy (non-hydrogen) atoms. The summed E-state index contributed by atoms with van der Waals surface area (Å²) < 4.78 is 5.42. The summed E-state index contributed by atoms with van der Waals surface area (Å²) in [7, 11) is 3.86. The zero-order valence-electron chi connectivity index (χ0n) is 8.03. The van der Waals surface area contributed by atoms with Crippen molar-refractivity contribution in [2.45, 2.75) is 0 Å². The van der Waals surface area contributed by atoms with Gasteiger partial charge in [-0.25, -0.2) is 4.98 Å². The van der Waals surface area contributed by atoms with E-state index < -0.39 is 0 Å². The lowest BCUT2D eigenvalue weighted by molar-refractivity contribution is 0.328. The molecule has 0 aromatic carbocycles. The van der Waals surface area contributed by atoms with Gasteiger partial charge in [0.2, 0.25) is 0 Å². The van der Waals surface area contributed by atoms with E-state index in [1.807, 2.05) is 31.1 Å². The minimum atomic E-state index is 0.516. The molecule has 0 atom stereocenters. The lowest BCUT2D eigenvalue weighted by atomic mass is 10.4. The molecule has 0 amide bonds. The highest BCUT2D eigenvalue weighted by Gasteiger charge is 2.04. The second-order valence-electron chi connectivity index (χ2n) is 2.86. The molecule has 0 bridgehead atoms. The Morgan fingerprint density at radius 2 is 2.31 bits per heavy atom. The van der Waals surface area contributed by atoms with Crippen LogP contribution in [0.25, 0.3) is 0 Å². The summed E-state index contributed by atoms with van der Waals surface area (Å²) in [5, 5.41) is 0. The largest absolute Gasteiger partial charge is 0.488 e. The number of nitrogens with zero attached hydrogens (tertiary/aromatic N) is 2. The highest BCUT2D eigenvalue weighted by molar-refractivity contribution is 5.50. The molecule has 0 saturated heterocycles. The van der Waals surface area contributed by atoms with Gasteiger partial charge in [0.15, 0.2) is 11.6 Å². The maximum atomic E-state index is 5.42. The summed E-state index contributed by atoms with van der Waals surface area (Å²) in [6.45, 7) is 1.04. The van der Waals surface area contributed by atoms with Crippen LogP contribution in [0.5, 0.6) is 5.75 Å². The molecule has 72 valence electrons. The molecule has 1 aromatic rings. The second kappa shape index (κ2) is 4.67. The predicted octanol–water partition coefficient (Wildman–Crippen LogP) is 0.485. The maximum Gasteiger partial charge on any atom is 0.170 e. The first-order valence-electron chi connectivity index (χ1n) is 4.21. The Labute approximate surface area is 78.3 Å². The summed E-state index contributed by atoms with van der Waals surface area (Å²) >= 11 is 0. The van der Waals surface area contributed by atoms with Crippen molar-refractivity contribution in [1.82, 2.24) is 4.98 Å². The summed E-state index contributed by atoms with van der Waals surface area (Å²) in [4.78, 5) is 6.10. The van der Waals surface area contributed by atoms with Gasteiger partial charge in [0.25, 0.3) is 0 Å². The van der Waals surface area contributed by atoms with E-state index in [2.05, 4.69) is 4.98 Å². The highest BCUT2D eigenvalue weighted by atomic mass is 16.5. The Morgan fingerprint density at radius 3 is 2.92 bits per heavy atom. The Morgan fingerprint density at radius 1 is 1.54 bits per heavy atom. The Hall–Kier alpha value is -1.29. The first-order valence-corrected chi connectivity index (χ1v) is 4.21. The standard InChI is InChI=1S/C9H15N3O/c1-12(2)9-8(13-7-5-10)4-3-6-11-9/h3-4,6H,5,7,10H2,1-2H3. The number of pyridine rings is 1. The van der Waals surface area contributed by atoms with Crippen LogP contribution in [0.15, 0.2) is 18.3 Å². The van der Waals surface area contributed by atoms with E-state index >= 15 is 0 Å². The monoisotopic (exact) mass is 181 g/mol. The first kappa shape index (κ1) is 9.80. The summed E-state index contributed by atoms with van der Waals surface area (Å²) in [5.74, 6) is 1.61. The van der Waals surface area contributed by atoms with Crippen LogP contribution in [-0.2, 0) is 0 Å². The van der Waals surface area contributed by atoms with Crippen molar-refractivity contribution in [1.29, 1.82) is 0 Å². The van der Waals surface area contributed by atoms with Crippen molar-refractivity contribution in [3.05, 3.63) is 18.3 Å². The molecule has 0 aliphatic rings. The molecule has 2 N–H and O–H groups in total. The molecular weight excluding hydrogens is 166 g/mol. The van der Waals surface area contributed by atoms with Crippen LogP contribution < -0.4 is 15.4 Å². The first-order chi connectivity index (χ1) is 6.25. The van der Waals surface area contributed by atoms with Crippen LogP contribution in [0, 0.1) is 0 Å². The number of hydrogen-bond donors (Lipinski definition) is 1. The van der Waals surface area contributed by atoms with E-state index in [0.29, 0.717) is 13.2 Å². The van der Waals surface area contributed by atoms with Gasteiger partial charge in [-0.15, -0.1) is 0 Å². The molecule has 4 heteroatoms. The molecule has 0 radical (unpaired) electrons. The molecular formula is C9H15N3O. The fourth-order valence-corrected chi connectivity index (χ4v) is 1.000. The topological polar surface area (TPSA) is 51.4 Å². The van der Waals surface area contributed by atoms with Gasteiger partial charge in [-0.2, -0.15) is 0 Å². The second-order valence-corrected chi connectivity index (χ2v) is 2.86. The van der Waals surface area contributed by atoms with Gasteiger partial charge in [0.1, 0.15) is 6.61 Å². The lowest BCUT2D eigenvalue weighted by Crippen LogP contribution is -2.15. The summed E-state index contributed by atoms with van der Waals surface area (Å²) in [6.07, 6.45) is 1.74. The average Bonchev–Trinajstić information content (AvgIpc) is 2.15. The minimum Gasteiger partial charge on any atom is -0.488 e. The van der Waals surface area contributed by atoms with E-state index in [-0.39, 0.29) is 0 Å². The molecule has 1 aromatic heterocycles. The van der Waals surface area contributed by atoms with Gasteiger partial charge in [-0.05, 0) is 12.1 Å². The third kappa shape index (κ3) is 2.59. The molecule has 0 fully saturated rings. The van der Waals surface area contributed by atoms with E-state index in [1.165, 1.54) is 0 Å². The maximum absolute atomic E-state index is 5.42. The third-order valence-electron chi connectivity index (χ3n) is 1.55. The van der Waals surface area contributed by atoms with Crippen molar-refractivity contribution in [3.63, 3.8) is 0 Å². The molecule has 0 aliphatic carbocycles. The van der Waals surface area contributed by atoms with Crippen LogP contribution in [0.2, 0.25) is 0 Å². The van der Waals surface area contributed by atoms with Gasteiger partial charge in [0.05, 0.1) is 0 Å². The van der Waals surface area contributed by atoms with Gasteiger partial charge >= 0.3 is 0 Å². The molecule has 0 spiro atoms. The SMILES string of the molecule is CN(C)c1ncccc1OCCN. The number of nitrogens with two attached hydrogens (primary N) is 1. The predicted molar refractivity (Wildman–Crippen MR) is 53.1 cm³/mol.